The van der Waals surface area contributed by atoms with Crippen molar-refractivity contribution in [3.8, 4) is 11.5 Å². The first-order valence-electron chi connectivity index (χ1n) is 10.4. The van der Waals surface area contributed by atoms with Gasteiger partial charge in [0.2, 0.25) is 0 Å². The Balaban J connectivity index is 1.55. The first kappa shape index (κ1) is 22.4. The highest BCUT2D eigenvalue weighted by molar-refractivity contribution is 8.27. The first-order valence-corrected chi connectivity index (χ1v) is 11.6. The molecule has 0 spiro atoms. The van der Waals surface area contributed by atoms with Crippen LogP contribution in [0.1, 0.15) is 51.0 Å². The van der Waals surface area contributed by atoms with Crippen LogP contribution >= 0.6 is 24.0 Å². The van der Waals surface area contributed by atoms with E-state index in [1.165, 1.54) is 54.8 Å². The van der Waals surface area contributed by atoms with E-state index >= 15 is 0 Å². The van der Waals surface area contributed by atoms with Crippen molar-refractivity contribution in [1.82, 2.24) is 0 Å². The molecule has 4 nitrogen and oxygen atoms in total. The molecule has 30 heavy (non-hydrogen) atoms. The number of rotatable bonds is 10. The van der Waals surface area contributed by atoms with Crippen molar-refractivity contribution in [2.75, 3.05) is 11.5 Å². The molecule has 2 aromatic carbocycles. The molecule has 1 N–H and O–H groups in total. The van der Waals surface area contributed by atoms with Gasteiger partial charge in [0, 0.05) is 6.07 Å². The quantitative estimate of drug-likeness (QED) is 0.258. The van der Waals surface area contributed by atoms with Gasteiger partial charge in [-0.1, -0.05) is 81.2 Å². The Morgan fingerprint density at radius 2 is 1.80 bits per heavy atom. The van der Waals surface area contributed by atoms with Crippen molar-refractivity contribution in [2.24, 2.45) is 0 Å². The fourth-order valence-corrected chi connectivity index (χ4v) is 4.51. The summed E-state index contributed by atoms with van der Waals surface area (Å²) in [6.07, 6.45) is 9.28. The molecule has 1 aliphatic heterocycles. The van der Waals surface area contributed by atoms with E-state index in [0.717, 1.165) is 24.3 Å². The van der Waals surface area contributed by atoms with Crippen molar-refractivity contribution in [1.29, 1.82) is 0 Å². The van der Waals surface area contributed by atoms with Gasteiger partial charge in [0.05, 0.1) is 17.2 Å². The average molecular weight is 442 g/mol. The molecule has 0 aliphatic carbocycles. The van der Waals surface area contributed by atoms with Crippen LogP contribution in [0.3, 0.4) is 0 Å². The fraction of sp³-hybridized carbons (Fsp3) is 0.333. The molecule has 1 saturated heterocycles. The molecule has 0 unspecified atom stereocenters. The number of phenols is 1. The number of nitrogens with zero attached hydrogens (tertiary/aromatic N) is 1. The summed E-state index contributed by atoms with van der Waals surface area (Å²) in [5, 5.41) is 9.68. The highest BCUT2D eigenvalue weighted by Gasteiger charge is 2.33. The smallest absolute Gasteiger partial charge is 0.270 e. The van der Waals surface area contributed by atoms with E-state index in [-0.39, 0.29) is 11.7 Å². The summed E-state index contributed by atoms with van der Waals surface area (Å²) in [7, 11) is 0. The molecule has 1 aliphatic rings. The van der Waals surface area contributed by atoms with E-state index in [1.807, 2.05) is 30.3 Å². The molecule has 0 atom stereocenters. The molecule has 3 rings (SSSR count). The highest BCUT2D eigenvalue weighted by atomic mass is 32.2. The zero-order chi connectivity index (χ0) is 21.3. The lowest BCUT2D eigenvalue weighted by Crippen LogP contribution is -2.27. The zero-order valence-corrected chi connectivity index (χ0v) is 18.8. The van der Waals surface area contributed by atoms with E-state index < -0.39 is 0 Å². The second kappa shape index (κ2) is 11.2. The van der Waals surface area contributed by atoms with Crippen LogP contribution in [0.5, 0.6) is 11.5 Å². The molecule has 1 heterocycles. The predicted octanol–water partition coefficient (Wildman–Crippen LogP) is 6.54. The Hall–Kier alpha value is -2.31. The minimum Gasteiger partial charge on any atom is -0.508 e. The number of thioether (sulfide) groups is 1. The topological polar surface area (TPSA) is 49.8 Å². The number of carbonyl (C=O) groups excluding carboxylic acids is 1. The Kier molecular flexibility index (Phi) is 8.34. The van der Waals surface area contributed by atoms with Crippen LogP contribution in [0, 0.1) is 0 Å². The summed E-state index contributed by atoms with van der Waals surface area (Å²) in [6, 6.07) is 14.3. The number of hydrogen-bond donors (Lipinski definition) is 1. The van der Waals surface area contributed by atoms with Gasteiger partial charge in [0.1, 0.15) is 11.5 Å². The molecule has 158 valence electrons. The number of carbonyl (C=O) groups is 1. The molecular formula is C24H27NO3S2. The van der Waals surface area contributed by atoms with Gasteiger partial charge >= 0.3 is 0 Å². The van der Waals surface area contributed by atoms with Crippen molar-refractivity contribution in [2.45, 2.75) is 45.4 Å². The van der Waals surface area contributed by atoms with Crippen molar-refractivity contribution in [3.05, 3.63) is 59.0 Å². The van der Waals surface area contributed by atoms with E-state index in [9.17, 15) is 9.90 Å². The largest absolute Gasteiger partial charge is 0.508 e. The maximum Gasteiger partial charge on any atom is 0.270 e. The van der Waals surface area contributed by atoms with Crippen LogP contribution in [0.2, 0.25) is 0 Å². The number of phenolic OH excluding ortho intramolecular Hbond substituents is 1. The third-order valence-electron chi connectivity index (χ3n) is 4.83. The number of hydrogen-bond acceptors (Lipinski definition) is 5. The molecule has 2 aromatic rings. The van der Waals surface area contributed by atoms with Crippen molar-refractivity contribution in [3.63, 3.8) is 0 Å². The normalized spacial score (nSPS) is 15.2. The lowest BCUT2D eigenvalue weighted by atomic mass is 10.1. The van der Waals surface area contributed by atoms with Crippen LogP contribution < -0.4 is 9.64 Å². The first-order chi connectivity index (χ1) is 14.6. The Labute approximate surface area is 187 Å². The summed E-state index contributed by atoms with van der Waals surface area (Å²) in [5.74, 6) is 0.758. The molecule has 0 bridgehead atoms. The maximum atomic E-state index is 12.8. The van der Waals surface area contributed by atoms with E-state index in [4.69, 9.17) is 17.0 Å². The van der Waals surface area contributed by atoms with Gasteiger partial charge in [0.15, 0.2) is 4.32 Å². The summed E-state index contributed by atoms with van der Waals surface area (Å²) >= 11 is 6.64. The molecular weight excluding hydrogens is 414 g/mol. The van der Waals surface area contributed by atoms with Gasteiger partial charge in [-0.2, -0.15) is 0 Å². The third-order valence-corrected chi connectivity index (χ3v) is 6.13. The van der Waals surface area contributed by atoms with Gasteiger partial charge in [-0.05, 0) is 42.3 Å². The Morgan fingerprint density at radius 1 is 1.07 bits per heavy atom. The second-order valence-corrected chi connectivity index (χ2v) is 8.90. The van der Waals surface area contributed by atoms with E-state index in [1.54, 1.807) is 18.2 Å². The molecule has 1 amide bonds. The minimum atomic E-state index is -0.181. The number of anilines is 1. The Bertz CT molecular complexity index is 909. The molecule has 0 radical (unpaired) electrons. The monoisotopic (exact) mass is 441 g/mol. The SMILES string of the molecule is CCCCCCCCOc1ccc(C=C2SC(=S)N(c3cccc(O)c3)C2=O)cc1. The third kappa shape index (κ3) is 6.09. The zero-order valence-electron chi connectivity index (χ0n) is 17.2. The van der Waals surface area contributed by atoms with Crippen molar-refractivity contribution >= 4 is 46.0 Å². The summed E-state index contributed by atoms with van der Waals surface area (Å²) in [5.41, 5.74) is 1.48. The Morgan fingerprint density at radius 3 is 2.53 bits per heavy atom. The number of thiocarbonyl (C=S) groups is 1. The standard InChI is InChI=1S/C24H27NO3S2/c1-2-3-4-5-6-7-15-28-21-13-11-18(12-14-21)16-22-23(27)25(24(29)30-22)19-9-8-10-20(26)17-19/h8-14,16-17,26H,2-7,15H2,1H3. The number of benzene rings is 2. The number of ether oxygens (including phenoxy) is 1. The van der Waals surface area contributed by atoms with Crippen LogP contribution in [0.15, 0.2) is 53.4 Å². The van der Waals surface area contributed by atoms with Crippen molar-refractivity contribution < 1.29 is 14.6 Å². The average Bonchev–Trinajstić information content (AvgIpc) is 3.01. The molecule has 0 saturated carbocycles. The van der Waals surface area contributed by atoms with Gasteiger partial charge in [0.25, 0.3) is 5.91 Å². The van der Waals surface area contributed by atoms with Gasteiger partial charge in [-0.15, -0.1) is 0 Å². The van der Waals surface area contributed by atoms with Crippen LogP contribution in [0.4, 0.5) is 5.69 Å². The van der Waals surface area contributed by atoms with Crippen LogP contribution in [0.25, 0.3) is 6.08 Å². The molecule has 6 heteroatoms. The lowest BCUT2D eigenvalue weighted by molar-refractivity contribution is -0.113. The number of amides is 1. The summed E-state index contributed by atoms with van der Waals surface area (Å²) < 4.78 is 6.27. The minimum absolute atomic E-state index is 0.0991. The number of unbranched alkanes of at least 4 members (excludes halogenated alkanes) is 5. The van der Waals surface area contributed by atoms with Gasteiger partial charge in [-0.3, -0.25) is 9.69 Å². The summed E-state index contributed by atoms with van der Waals surface area (Å²) in [6.45, 7) is 2.96. The van der Waals surface area contributed by atoms with Gasteiger partial charge < -0.3 is 9.84 Å². The van der Waals surface area contributed by atoms with E-state index in [2.05, 4.69) is 6.92 Å². The fourth-order valence-electron chi connectivity index (χ4n) is 3.21. The highest BCUT2D eigenvalue weighted by Crippen LogP contribution is 2.37. The summed E-state index contributed by atoms with van der Waals surface area (Å²) in [4.78, 5) is 14.8. The predicted molar refractivity (Wildman–Crippen MR) is 129 cm³/mol. The number of aromatic hydroxyl groups is 1. The molecule has 1 fully saturated rings. The van der Waals surface area contributed by atoms with Gasteiger partial charge in [-0.25, -0.2) is 0 Å². The van der Waals surface area contributed by atoms with Crippen LogP contribution in [-0.4, -0.2) is 21.9 Å². The maximum absolute atomic E-state index is 12.8. The second-order valence-electron chi connectivity index (χ2n) is 7.22. The van der Waals surface area contributed by atoms with E-state index in [0.29, 0.717) is 14.9 Å². The lowest BCUT2D eigenvalue weighted by Gasteiger charge is -2.14. The van der Waals surface area contributed by atoms with Crippen LogP contribution in [-0.2, 0) is 4.79 Å². The molecule has 0 aromatic heterocycles.